The van der Waals surface area contributed by atoms with Gasteiger partial charge in [-0.3, -0.25) is 0 Å². The fourth-order valence-corrected chi connectivity index (χ4v) is 1.68. The molecule has 62 valence electrons. The Morgan fingerprint density at radius 2 is 2.18 bits per heavy atom. The van der Waals surface area contributed by atoms with Crippen molar-refractivity contribution in [3.05, 3.63) is 0 Å². The van der Waals surface area contributed by atoms with Crippen LogP contribution >= 0.6 is 0 Å². The zero-order chi connectivity index (χ0) is 8.10. The molecule has 1 aliphatic carbocycles. The van der Waals surface area contributed by atoms with Gasteiger partial charge in [0.15, 0.2) is 0 Å². The molecule has 0 N–H and O–H groups in total. The highest BCUT2D eigenvalue weighted by Crippen LogP contribution is 2.25. The van der Waals surface area contributed by atoms with Gasteiger partial charge in [-0.1, -0.05) is 25.7 Å². The standard InChI is InChI=1S/C10H16O/c1-3-8-11-10-7-5-4-6-9(10)2/h1,9-10H,4-8H2,2H3. The molecule has 2 unspecified atom stereocenters. The molecule has 1 aliphatic rings. The molecule has 2 atom stereocenters. The second-order valence-corrected chi connectivity index (χ2v) is 3.32. The fraction of sp³-hybridized carbons (Fsp3) is 0.800. The second kappa shape index (κ2) is 4.41. The van der Waals surface area contributed by atoms with E-state index in [9.17, 15) is 0 Å². The van der Waals surface area contributed by atoms with Gasteiger partial charge in [0.05, 0.1) is 6.10 Å². The number of ether oxygens (including phenoxy) is 1. The van der Waals surface area contributed by atoms with Crippen molar-refractivity contribution < 1.29 is 4.74 Å². The Morgan fingerprint density at radius 3 is 2.82 bits per heavy atom. The lowest BCUT2D eigenvalue weighted by Crippen LogP contribution is -2.25. The van der Waals surface area contributed by atoms with E-state index in [-0.39, 0.29) is 0 Å². The quantitative estimate of drug-likeness (QED) is 0.551. The van der Waals surface area contributed by atoms with Crippen LogP contribution in [0.1, 0.15) is 32.6 Å². The molecular weight excluding hydrogens is 136 g/mol. The van der Waals surface area contributed by atoms with Crippen LogP contribution in [-0.2, 0) is 4.74 Å². The SMILES string of the molecule is C#CCOC1CCCCC1C. The number of terminal acetylenes is 1. The molecule has 0 bridgehead atoms. The Kier molecular flexibility index (Phi) is 3.45. The summed E-state index contributed by atoms with van der Waals surface area (Å²) in [5, 5.41) is 0. The predicted molar refractivity (Wildman–Crippen MR) is 46.2 cm³/mol. The number of rotatable bonds is 2. The molecule has 1 fully saturated rings. The smallest absolute Gasteiger partial charge is 0.107 e. The molecular formula is C10H16O. The lowest BCUT2D eigenvalue weighted by molar-refractivity contribution is 0.0130. The molecule has 0 radical (unpaired) electrons. The van der Waals surface area contributed by atoms with E-state index in [2.05, 4.69) is 12.8 Å². The van der Waals surface area contributed by atoms with E-state index in [0.29, 0.717) is 18.6 Å². The summed E-state index contributed by atoms with van der Waals surface area (Å²) in [5.41, 5.74) is 0. The van der Waals surface area contributed by atoms with E-state index in [1.165, 1.54) is 25.7 Å². The summed E-state index contributed by atoms with van der Waals surface area (Å²) in [5.74, 6) is 3.22. The zero-order valence-corrected chi connectivity index (χ0v) is 7.18. The summed E-state index contributed by atoms with van der Waals surface area (Å²) in [6, 6.07) is 0. The Bertz CT molecular complexity index is 145. The molecule has 0 amide bonds. The van der Waals surface area contributed by atoms with Gasteiger partial charge in [0.1, 0.15) is 6.61 Å². The first-order valence-corrected chi connectivity index (χ1v) is 4.39. The van der Waals surface area contributed by atoms with Crippen molar-refractivity contribution in [3.63, 3.8) is 0 Å². The zero-order valence-electron chi connectivity index (χ0n) is 7.18. The van der Waals surface area contributed by atoms with Crippen LogP contribution in [0.2, 0.25) is 0 Å². The minimum Gasteiger partial charge on any atom is -0.365 e. The maximum atomic E-state index is 5.51. The first-order valence-electron chi connectivity index (χ1n) is 4.39. The van der Waals surface area contributed by atoms with Crippen molar-refractivity contribution in [1.29, 1.82) is 0 Å². The summed E-state index contributed by atoms with van der Waals surface area (Å²) in [6.45, 7) is 2.73. The molecule has 0 aliphatic heterocycles. The molecule has 1 rings (SSSR count). The van der Waals surface area contributed by atoms with Crippen molar-refractivity contribution in [2.24, 2.45) is 5.92 Å². The van der Waals surface area contributed by atoms with Crippen LogP contribution in [0.5, 0.6) is 0 Å². The van der Waals surface area contributed by atoms with Crippen molar-refractivity contribution in [2.45, 2.75) is 38.7 Å². The van der Waals surface area contributed by atoms with E-state index in [1.807, 2.05) is 0 Å². The minimum atomic E-state index is 0.430. The average Bonchev–Trinajstić information content (AvgIpc) is 2.03. The van der Waals surface area contributed by atoms with Crippen molar-refractivity contribution in [1.82, 2.24) is 0 Å². The third-order valence-electron chi connectivity index (χ3n) is 2.41. The van der Waals surface area contributed by atoms with Crippen LogP contribution in [0.15, 0.2) is 0 Å². The summed E-state index contributed by atoms with van der Waals surface area (Å²) in [4.78, 5) is 0. The van der Waals surface area contributed by atoms with Gasteiger partial charge in [0.25, 0.3) is 0 Å². The minimum absolute atomic E-state index is 0.430. The summed E-state index contributed by atoms with van der Waals surface area (Å²) in [7, 11) is 0. The molecule has 0 aromatic carbocycles. The molecule has 1 heteroatoms. The van der Waals surface area contributed by atoms with Gasteiger partial charge in [-0.25, -0.2) is 0 Å². The van der Waals surface area contributed by atoms with E-state index < -0.39 is 0 Å². The maximum absolute atomic E-state index is 5.51. The lowest BCUT2D eigenvalue weighted by Gasteiger charge is -2.27. The molecule has 1 nitrogen and oxygen atoms in total. The molecule has 0 saturated heterocycles. The summed E-state index contributed by atoms with van der Waals surface area (Å²) in [6.07, 6.45) is 10.7. The Balaban J connectivity index is 2.25. The van der Waals surface area contributed by atoms with Crippen molar-refractivity contribution in [2.75, 3.05) is 6.61 Å². The summed E-state index contributed by atoms with van der Waals surface area (Å²) >= 11 is 0. The topological polar surface area (TPSA) is 9.23 Å². The Morgan fingerprint density at radius 1 is 1.45 bits per heavy atom. The molecule has 0 aromatic rings. The van der Waals surface area contributed by atoms with Crippen LogP contribution in [0.25, 0.3) is 0 Å². The van der Waals surface area contributed by atoms with Gasteiger partial charge >= 0.3 is 0 Å². The van der Waals surface area contributed by atoms with Crippen LogP contribution in [0, 0.1) is 18.3 Å². The second-order valence-electron chi connectivity index (χ2n) is 3.32. The first-order chi connectivity index (χ1) is 5.34. The largest absolute Gasteiger partial charge is 0.365 e. The van der Waals surface area contributed by atoms with E-state index in [0.717, 1.165) is 0 Å². The average molecular weight is 152 g/mol. The molecule has 0 spiro atoms. The highest BCUT2D eigenvalue weighted by atomic mass is 16.5. The van der Waals surface area contributed by atoms with Gasteiger partial charge in [0.2, 0.25) is 0 Å². The van der Waals surface area contributed by atoms with Gasteiger partial charge < -0.3 is 4.74 Å². The maximum Gasteiger partial charge on any atom is 0.107 e. The first kappa shape index (κ1) is 8.62. The van der Waals surface area contributed by atoms with Crippen LogP contribution < -0.4 is 0 Å². The fourth-order valence-electron chi connectivity index (χ4n) is 1.68. The third-order valence-corrected chi connectivity index (χ3v) is 2.41. The molecule has 11 heavy (non-hydrogen) atoms. The van der Waals surface area contributed by atoms with Gasteiger partial charge in [-0.15, -0.1) is 6.42 Å². The van der Waals surface area contributed by atoms with Gasteiger partial charge in [0, 0.05) is 0 Å². The van der Waals surface area contributed by atoms with E-state index >= 15 is 0 Å². The number of hydrogen-bond donors (Lipinski definition) is 0. The van der Waals surface area contributed by atoms with Crippen molar-refractivity contribution in [3.8, 4) is 12.3 Å². The van der Waals surface area contributed by atoms with E-state index in [4.69, 9.17) is 11.2 Å². The third kappa shape index (κ3) is 2.55. The summed E-state index contributed by atoms with van der Waals surface area (Å²) < 4.78 is 5.51. The molecule has 0 aromatic heterocycles. The normalized spacial score (nSPS) is 31.3. The highest BCUT2D eigenvalue weighted by Gasteiger charge is 2.20. The van der Waals surface area contributed by atoms with Gasteiger partial charge in [-0.2, -0.15) is 0 Å². The van der Waals surface area contributed by atoms with Crippen molar-refractivity contribution >= 4 is 0 Å². The van der Waals surface area contributed by atoms with E-state index in [1.54, 1.807) is 0 Å². The molecule has 0 heterocycles. The highest BCUT2D eigenvalue weighted by molar-refractivity contribution is 4.84. The monoisotopic (exact) mass is 152 g/mol. The van der Waals surface area contributed by atoms with Crippen LogP contribution in [0.3, 0.4) is 0 Å². The Hall–Kier alpha value is -0.480. The predicted octanol–water partition coefficient (Wildman–Crippen LogP) is 2.21. The van der Waals surface area contributed by atoms with Crippen LogP contribution in [0.4, 0.5) is 0 Å². The lowest BCUT2D eigenvalue weighted by atomic mass is 9.88. The van der Waals surface area contributed by atoms with Gasteiger partial charge in [-0.05, 0) is 18.8 Å². The van der Waals surface area contributed by atoms with Crippen LogP contribution in [-0.4, -0.2) is 12.7 Å². The number of hydrogen-bond acceptors (Lipinski definition) is 1. The Labute approximate surface area is 69.1 Å². The molecule has 1 saturated carbocycles.